The van der Waals surface area contributed by atoms with E-state index in [1.54, 1.807) is 11.2 Å². The molecule has 1 aliphatic heterocycles. The molecule has 1 amide bonds. The fourth-order valence-corrected chi connectivity index (χ4v) is 3.83. The van der Waals surface area contributed by atoms with Gasteiger partial charge in [-0.05, 0) is 43.9 Å². The quantitative estimate of drug-likeness (QED) is 0.806. The zero-order chi connectivity index (χ0) is 17.1. The van der Waals surface area contributed by atoms with Crippen LogP contribution < -0.4 is 0 Å². The van der Waals surface area contributed by atoms with Crippen LogP contribution >= 0.6 is 0 Å². The van der Waals surface area contributed by atoms with Gasteiger partial charge in [0.25, 0.3) is 5.91 Å². The van der Waals surface area contributed by atoms with Gasteiger partial charge in [-0.3, -0.25) is 9.48 Å². The van der Waals surface area contributed by atoms with Gasteiger partial charge in [-0.2, -0.15) is 5.10 Å². The Hall–Kier alpha value is -2.08. The van der Waals surface area contributed by atoms with E-state index in [0.717, 1.165) is 38.1 Å². The zero-order valence-electron chi connectivity index (χ0n) is 14.5. The number of hydrogen-bond donors (Lipinski definition) is 0. The Kier molecular flexibility index (Phi) is 4.88. The van der Waals surface area contributed by atoms with Crippen LogP contribution in [0.5, 0.6) is 0 Å². The van der Waals surface area contributed by atoms with Gasteiger partial charge in [0.1, 0.15) is 11.5 Å². The molecular formula is C19H25N3O3. The molecule has 0 unspecified atom stereocenters. The molecule has 6 nitrogen and oxygen atoms in total. The van der Waals surface area contributed by atoms with E-state index >= 15 is 0 Å². The highest BCUT2D eigenvalue weighted by Crippen LogP contribution is 2.29. The number of hydrogen-bond acceptors (Lipinski definition) is 4. The van der Waals surface area contributed by atoms with E-state index in [9.17, 15) is 4.79 Å². The standard InChI is InChI=1S/C19H25N3O3/c23-19(18-9-10-22(20-18)15-5-1-2-6-15)21(13-16-7-3-11-24-16)14-17-8-4-12-25-17/h3,7,9-11,15,17H,1-2,4-6,8,12-14H2/t17-/m0/s1. The van der Waals surface area contributed by atoms with Crippen molar-refractivity contribution in [3.63, 3.8) is 0 Å². The number of ether oxygens (including phenoxy) is 1. The van der Waals surface area contributed by atoms with Gasteiger partial charge >= 0.3 is 0 Å². The molecule has 0 radical (unpaired) electrons. The minimum Gasteiger partial charge on any atom is -0.467 e. The van der Waals surface area contributed by atoms with E-state index < -0.39 is 0 Å². The topological polar surface area (TPSA) is 60.5 Å². The molecule has 0 aromatic carbocycles. The van der Waals surface area contributed by atoms with Crippen molar-refractivity contribution in [2.45, 2.75) is 57.2 Å². The van der Waals surface area contributed by atoms with Crippen LogP contribution in [0.1, 0.15) is 60.8 Å². The largest absolute Gasteiger partial charge is 0.467 e. The highest BCUT2D eigenvalue weighted by Gasteiger charge is 2.26. The fraction of sp³-hybridized carbons (Fsp3) is 0.579. The lowest BCUT2D eigenvalue weighted by molar-refractivity contribution is 0.0486. The lowest BCUT2D eigenvalue weighted by Crippen LogP contribution is -2.37. The van der Waals surface area contributed by atoms with Crippen LogP contribution in [0, 0.1) is 0 Å². The van der Waals surface area contributed by atoms with E-state index in [4.69, 9.17) is 9.15 Å². The predicted molar refractivity (Wildman–Crippen MR) is 92.2 cm³/mol. The Balaban J connectivity index is 1.49. The van der Waals surface area contributed by atoms with Crippen LogP contribution in [-0.2, 0) is 11.3 Å². The Morgan fingerprint density at radius 2 is 2.12 bits per heavy atom. The van der Waals surface area contributed by atoms with Crippen molar-refractivity contribution in [1.29, 1.82) is 0 Å². The number of amides is 1. The summed E-state index contributed by atoms with van der Waals surface area (Å²) >= 11 is 0. The molecule has 0 bridgehead atoms. The molecule has 1 atom stereocenters. The average Bonchev–Trinajstić information content (AvgIpc) is 3.41. The van der Waals surface area contributed by atoms with E-state index in [1.807, 2.05) is 29.1 Å². The molecule has 2 aromatic heterocycles. The molecule has 25 heavy (non-hydrogen) atoms. The summed E-state index contributed by atoms with van der Waals surface area (Å²) in [6.07, 6.45) is 10.6. The fourth-order valence-electron chi connectivity index (χ4n) is 3.83. The van der Waals surface area contributed by atoms with Crippen molar-refractivity contribution >= 4 is 5.91 Å². The first kappa shape index (κ1) is 16.4. The Bertz CT molecular complexity index is 683. The van der Waals surface area contributed by atoms with Gasteiger partial charge in [0.05, 0.1) is 25.0 Å². The smallest absolute Gasteiger partial charge is 0.274 e. The summed E-state index contributed by atoms with van der Waals surface area (Å²) in [5.74, 6) is 0.727. The summed E-state index contributed by atoms with van der Waals surface area (Å²) in [4.78, 5) is 14.8. The lowest BCUT2D eigenvalue weighted by atomic mass is 10.2. The highest BCUT2D eigenvalue weighted by molar-refractivity contribution is 5.92. The van der Waals surface area contributed by atoms with E-state index in [2.05, 4.69) is 5.10 Å². The van der Waals surface area contributed by atoms with Gasteiger partial charge in [0.2, 0.25) is 0 Å². The van der Waals surface area contributed by atoms with Crippen LogP contribution in [0.25, 0.3) is 0 Å². The van der Waals surface area contributed by atoms with Crippen LogP contribution in [-0.4, -0.2) is 39.8 Å². The first-order chi connectivity index (χ1) is 12.3. The van der Waals surface area contributed by atoms with Gasteiger partial charge in [-0.25, -0.2) is 0 Å². The minimum atomic E-state index is -0.0522. The maximum Gasteiger partial charge on any atom is 0.274 e. The lowest BCUT2D eigenvalue weighted by Gasteiger charge is -2.24. The number of nitrogens with zero attached hydrogens (tertiary/aromatic N) is 3. The molecule has 2 aliphatic rings. The second-order valence-corrected chi connectivity index (χ2v) is 7.02. The average molecular weight is 343 g/mol. The third-order valence-electron chi connectivity index (χ3n) is 5.19. The Labute approximate surface area is 147 Å². The molecule has 4 rings (SSSR count). The second kappa shape index (κ2) is 7.44. The minimum absolute atomic E-state index is 0.0522. The molecule has 134 valence electrons. The Morgan fingerprint density at radius 1 is 1.24 bits per heavy atom. The van der Waals surface area contributed by atoms with Gasteiger partial charge in [-0.15, -0.1) is 0 Å². The van der Waals surface area contributed by atoms with E-state index in [-0.39, 0.29) is 12.0 Å². The summed E-state index contributed by atoms with van der Waals surface area (Å²) in [7, 11) is 0. The summed E-state index contributed by atoms with van der Waals surface area (Å²) in [6, 6.07) is 6.02. The number of carbonyl (C=O) groups excluding carboxylic acids is 1. The number of rotatable bonds is 6. The molecule has 6 heteroatoms. The van der Waals surface area contributed by atoms with Gasteiger partial charge in [0, 0.05) is 19.3 Å². The van der Waals surface area contributed by atoms with Crippen LogP contribution in [0.15, 0.2) is 35.1 Å². The molecule has 1 saturated heterocycles. The summed E-state index contributed by atoms with van der Waals surface area (Å²) in [5, 5.41) is 4.57. The zero-order valence-corrected chi connectivity index (χ0v) is 14.5. The third-order valence-corrected chi connectivity index (χ3v) is 5.19. The third kappa shape index (κ3) is 3.79. The highest BCUT2D eigenvalue weighted by atomic mass is 16.5. The number of aromatic nitrogens is 2. The van der Waals surface area contributed by atoms with E-state index in [1.165, 1.54) is 12.8 Å². The SMILES string of the molecule is O=C(c1ccn(C2CCCC2)n1)N(Cc1ccco1)C[C@@H]1CCCO1. The maximum atomic E-state index is 13.0. The summed E-state index contributed by atoms with van der Waals surface area (Å²) in [6.45, 7) is 1.81. The number of carbonyl (C=O) groups is 1. The molecule has 1 saturated carbocycles. The molecule has 1 aliphatic carbocycles. The van der Waals surface area contributed by atoms with Gasteiger partial charge in [-0.1, -0.05) is 12.8 Å². The second-order valence-electron chi connectivity index (χ2n) is 7.02. The monoisotopic (exact) mass is 343 g/mol. The molecule has 0 spiro atoms. The van der Waals surface area contributed by atoms with Crippen molar-refractivity contribution in [2.75, 3.05) is 13.2 Å². The predicted octanol–water partition coefficient (Wildman–Crippen LogP) is 3.41. The van der Waals surface area contributed by atoms with Crippen molar-refractivity contribution < 1.29 is 13.9 Å². The molecular weight excluding hydrogens is 318 g/mol. The van der Waals surface area contributed by atoms with Crippen molar-refractivity contribution in [3.05, 3.63) is 42.1 Å². The summed E-state index contributed by atoms with van der Waals surface area (Å²) in [5.41, 5.74) is 0.511. The van der Waals surface area contributed by atoms with Gasteiger partial charge < -0.3 is 14.1 Å². The van der Waals surface area contributed by atoms with E-state index in [0.29, 0.717) is 24.8 Å². The van der Waals surface area contributed by atoms with Crippen molar-refractivity contribution in [1.82, 2.24) is 14.7 Å². The molecule has 2 aromatic rings. The first-order valence-corrected chi connectivity index (χ1v) is 9.28. The van der Waals surface area contributed by atoms with Crippen molar-refractivity contribution in [2.24, 2.45) is 0 Å². The molecule has 0 N–H and O–H groups in total. The molecule has 2 fully saturated rings. The van der Waals surface area contributed by atoms with Crippen LogP contribution in [0.4, 0.5) is 0 Å². The number of furan rings is 1. The molecule has 3 heterocycles. The normalized spacial score (nSPS) is 21.0. The van der Waals surface area contributed by atoms with Crippen LogP contribution in [0.2, 0.25) is 0 Å². The maximum absolute atomic E-state index is 13.0. The summed E-state index contributed by atoms with van der Waals surface area (Å²) < 4.78 is 13.1. The van der Waals surface area contributed by atoms with Gasteiger partial charge in [0.15, 0.2) is 0 Å². The van der Waals surface area contributed by atoms with Crippen LogP contribution in [0.3, 0.4) is 0 Å². The Morgan fingerprint density at radius 3 is 2.84 bits per heavy atom. The first-order valence-electron chi connectivity index (χ1n) is 9.28. The van der Waals surface area contributed by atoms with Crippen molar-refractivity contribution in [3.8, 4) is 0 Å².